The van der Waals surface area contributed by atoms with Gasteiger partial charge in [-0.2, -0.15) is 0 Å². The Bertz CT molecular complexity index is 790. The molecule has 3 N–H and O–H groups in total. The van der Waals surface area contributed by atoms with Crippen LogP contribution in [0.3, 0.4) is 0 Å². The highest BCUT2D eigenvalue weighted by atomic mass is 16.7. The van der Waals surface area contributed by atoms with E-state index in [0.29, 0.717) is 13.4 Å². The number of hydrogen-bond acceptors (Lipinski definition) is 4. The van der Waals surface area contributed by atoms with Crippen LogP contribution < -0.4 is 24.0 Å². The third-order valence-corrected chi connectivity index (χ3v) is 5.60. The Morgan fingerprint density at radius 2 is 1.75 bits per heavy atom. The molecule has 1 saturated heterocycles. The number of para-hydroxylation sites is 1. The lowest BCUT2D eigenvalue weighted by atomic mass is 10.1. The van der Waals surface area contributed by atoms with Crippen LogP contribution >= 0.6 is 0 Å². The first-order valence-electron chi connectivity index (χ1n) is 10.1. The number of aryl methyl sites for hydroxylation is 1. The van der Waals surface area contributed by atoms with Crippen molar-refractivity contribution < 1.29 is 29.1 Å². The smallest absolute Gasteiger partial charge is 0.231 e. The molecule has 0 unspecified atom stereocenters. The molecular formula is C22H30N2O4+2. The van der Waals surface area contributed by atoms with Crippen molar-refractivity contribution in [2.24, 2.45) is 0 Å². The lowest BCUT2D eigenvalue weighted by Gasteiger charge is -2.30. The second-order valence-corrected chi connectivity index (χ2v) is 7.80. The number of aliphatic hydroxyl groups excluding tert-OH is 1. The van der Waals surface area contributed by atoms with Crippen LogP contribution in [0.4, 0.5) is 0 Å². The number of aliphatic hydroxyl groups is 1. The zero-order valence-corrected chi connectivity index (χ0v) is 16.4. The summed E-state index contributed by atoms with van der Waals surface area (Å²) in [6.07, 6.45) is -0.440. The Hall–Kier alpha value is -2.28. The van der Waals surface area contributed by atoms with E-state index in [9.17, 15) is 5.11 Å². The van der Waals surface area contributed by atoms with Gasteiger partial charge in [-0.1, -0.05) is 18.2 Å². The van der Waals surface area contributed by atoms with E-state index in [1.54, 1.807) is 4.90 Å². The van der Waals surface area contributed by atoms with Crippen LogP contribution in [0.1, 0.15) is 11.1 Å². The number of nitrogens with one attached hydrogen (secondary N) is 2. The summed E-state index contributed by atoms with van der Waals surface area (Å²) >= 11 is 0. The number of quaternary nitrogens is 2. The molecule has 2 aromatic carbocycles. The van der Waals surface area contributed by atoms with Gasteiger partial charge in [0, 0.05) is 5.56 Å². The van der Waals surface area contributed by atoms with Gasteiger partial charge in [0.1, 0.15) is 57.7 Å². The number of ether oxygens (including phenoxy) is 3. The summed E-state index contributed by atoms with van der Waals surface area (Å²) in [5.41, 5.74) is 2.39. The molecule has 0 aliphatic carbocycles. The van der Waals surface area contributed by atoms with E-state index in [0.717, 1.165) is 62.1 Å². The molecule has 2 aromatic rings. The maximum atomic E-state index is 10.4. The minimum atomic E-state index is -0.440. The van der Waals surface area contributed by atoms with Crippen LogP contribution in [-0.4, -0.2) is 57.3 Å². The van der Waals surface area contributed by atoms with Crippen LogP contribution in [0.2, 0.25) is 0 Å². The van der Waals surface area contributed by atoms with E-state index in [2.05, 4.69) is 12.1 Å². The third kappa shape index (κ3) is 4.76. The maximum absolute atomic E-state index is 10.4. The Kier molecular flexibility index (Phi) is 6.00. The standard InChI is InChI=1S/C22H28N2O4/c1-17-4-2-3-5-20(17)26-15-19(25)14-24-10-8-23(9-11-24)13-18-6-7-21-22(12-18)28-16-27-21/h2-7,12,19,25H,8-11,13-16H2,1H3/p+2/t19-/m1/s1. The average molecular weight is 386 g/mol. The molecule has 2 heterocycles. The van der Waals surface area contributed by atoms with Crippen LogP contribution in [0.15, 0.2) is 42.5 Å². The van der Waals surface area contributed by atoms with E-state index < -0.39 is 6.10 Å². The van der Waals surface area contributed by atoms with Crippen LogP contribution in [0.5, 0.6) is 17.2 Å². The van der Waals surface area contributed by atoms with Gasteiger partial charge in [-0.15, -0.1) is 0 Å². The lowest BCUT2D eigenvalue weighted by Crippen LogP contribution is -3.28. The summed E-state index contributed by atoms with van der Waals surface area (Å²) in [7, 11) is 0. The highest BCUT2D eigenvalue weighted by Crippen LogP contribution is 2.32. The van der Waals surface area contributed by atoms with E-state index >= 15 is 0 Å². The molecule has 1 fully saturated rings. The summed E-state index contributed by atoms with van der Waals surface area (Å²) in [5, 5.41) is 10.4. The fraction of sp³-hybridized carbons (Fsp3) is 0.455. The molecule has 6 heteroatoms. The third-order valence-electron chi connectivity index (χ3n) is 5.60. The van der Waals surface area contributed by atoms with Gasteiger partial charge >= 0.3 is 0 Å². The summed E-state index contributed by atoms with van der Waals surface area (Å²) in [4.78, 5) is 3.03. The molecule has 1 atom stereocenters. The van der Waals surface area contributed by atoms with E-state index in [-0.39, 0.29) is 0 Å². The normalized spacial score (nSPS) is 22.1. The molecule has 0 bridgehead atoms. The van der Waals surface area contributed by atoms with Crippen LogP contribution in [0, 0.1) is 6.92 Å². The van der Waals surface area contributed by atoms with Gasteiger partial charge in [0.05, 0.1) is 0 Å². The second kappa shape index (κ2) is 8.82. The molecular weight excluding hydrogens is 356 g/mol. The first-order valence-corrected chi connectivity index (χ1v) is 10.1. The van der Waals surface area contributed by atoms with Crippen molar-refractivity contribution in [2.45, 2.75) is 19.6 Å². The Morgan fingerprint density at radius 3 is 2.57 bits per heavy atom. The van der Waals surface area contributed by atoms with Gasteiger partial charge in [-0.25, -0.2) is 0 Å². The molecule has 0 radical (unpaired) electrons. The van der Waals surface area contributed by atoms with Gasteiger partial charge in [0.15, 0.2) is 11.5 Å². The molecule has 0 aromatic heterocycles. The van der Waals surface area contributed by atoms with Gasteiger partial charge in [-0.3, -0.25) is 0 Å². The molecule has 4 rings (SSSR count). The van der Waals surface area contributed by atoms with Crippen molar-refractivity contribution in [1.29, 1.82) is 0 Å². The SMILES string of the molecule is Cc1ccccc1OC[C@H](O)C[NH+]1CC[NH+](Cc2ccc3c(c2)OCO3)CC1. The van der Waals surface area contributed by atoms with Gasteiger partial charge < -0.3 is 29.1 Å². The fourth-order valence-electron chi connectivity index (χ4n) is 3.97. The van der Waals surface area contributed by atoms with Gasteiger partial charge in [0.25, 0.3) is 0 Å². The quantitative estimate of drug-likeness (QED) is 0.598. The Morgan fingerprint density at radius 1 is 1.00 bits per heavy atom. The summed E-state index contributed by atoms with van der Waals surface area (Å²) < 4.78 is 16.6. The summed E-state index contributed by atoms with van der Waals surface area (Å²) in [6, 6.07) is 14.2. The Balaban J connectivity index is 1.19. The van der Waals surface area contributed by atoms with E-state index in [4.69, 9.17) is 14.2 Å². The number of rotatable bonds is 7. The molecule has 0 spiro atoms. The first kappa shape index (κ1) is 19.1. The van der Waals surface area contributed by atoms with Crippen LogP contribution in [0.25, 0.3) is 0 Å². The molecule has 28 heavy (non-hydrogen) atoms. The summed E-state index contributed by atoms with van der Waals surface area (Å²) in [6.45, 7) is 8.79. The topological polar surface area (TPSA) is 56.8 Å². The first-order chi connectivity index (χ1) is 13.7. The molecule has 0 saturated carbocycles. The zero-order chi connectivity index (χ0) is 19.3. The van der Waals surface area contributed by atoms with Crippen molar-refractivity contribution in [3.05, 3.63) is 53.6 Å². The lowest BCUT2D eigenvalue weighted by molar-refractivity contribution is -1.02. The number of hydrogen-bond donors (Lipinski definition) is 3. The molecule has 0 amide bonds. The molecule has 2 aliphatic heterocycles. The zero-order valence-electron chi connectivity index (χ0n) is 16.4. The highest BCUT2D eigenvalue weighted by molar-refractivity contribution is 5.44. The molecule has 2 aliphatic rings. The number of piperazine rings is 1. The minimum absolute atomic E-state index is 0.323. The van der Waals surface area contributed by atoms with Crippen molar-refractivity contribution >= 4 is 0 Å². The van der Waals surface area contributed by atoms with Gasteiger partial charge in [-0.05, 0) is 36.8 Å². The fourth-order valence-corrected chi connectivity index (χ4v) is 3.97. The number of fused-ring (bicyclic) bond motifs is 1. The van der Waals surface area contributed by atoms with Crippen molar-refractivity contribution in [3.8, 4) is 17.2 Å². The van der Waals surface area contributed by atoms with E-state index in [1.807, 2.05) is 37.3 Å². The minimum Gasteiger partial charge on any atom is -0.490 e. The number of benzene rings is 2. The van der Waals surface area contributed by atoms with Crippen LogP contribution in [-0.2, 0) is 6.54 Å². The van der Waals surface area contributed by atoms with Crippen molar-refractivity contribution in [3.63, 3.8) is 0 Å². The van der Waals surface area contributed by atoms with E-state index in [1.165, 1.54) is 10.5 Å². The predicted molar refractivity (Wildman–Crippen MR) is 105 cm³/mol. The molecule has 6 nitrogen and oxygen atoms in total. The predicted octanol–water partition coefficient (Wildman–Crippen LogP) is -0.553. The van der Waals surface area contributed by atoms with Crippen molar-refractivity contribution in [1.82, 2.24) is 0 Å². The molecule has 150 valence electrons. The van der Waals surface area contributed by atoms with Crippen molar-refractivity contribution in [2.75, 3.05) is 46.1 Å². The average Bonchev–Trinajstić information content (AvgIpc) is 3.17. The maximum Gasteiger partial charge on any atom is 0.231 e. The highest BCUT2D eigenvalue weighted by Gasteiger charge is 2.26. The summed E-state index contributed by atoms with van der Waals surface area (Å²) in [5.74, 6) is 2.56. The second-order valence-electron chi connectivity index (χ2n) is 7.80. The van der Waals surface area contributed by atoms with Gasteiger partial charge in [0.2, 0.25) is 6.79 Å². The monoisotopic (exact) mass is 386 g/mol. The Labute approximate surface area is 166 Å². The largest absolute Gasteiger partial charge is 0.490 e.